The summed E-state index contributed by atoms with van der Waals surface area (Å²) < 4.78 is 38.5. The van der Waals surface area contributed by atoms with Gasteiger partial charge in [-0.3, -0.25) is 46.8 Å². The van der Waals surface area contributed by atoms with Crippen LogP contribution in [0.3, 0.4) is 0 Å². The second kappa shape index (κ2) is 15.8. The van der Waals surface area contributed by atoms with E-state index in [0.717, 1.165) is 9.13 Å². The summed E-state index contributed by atoms with van der Waals surface area (Å²) in [7, 11) is -0.832. The molecule has 8 aromatic rings. The first-order chi connectivity index (χ1) is 30.1. The summed E-state index contributed by atoms with van der Waals surface area (Å²) in [5.41, 5.74) is -0.444. The van der Waals surface area contributed by atoms with E-state index in [0.29, 0.717) is 22.8 Å². The van der Waals surface area contributed by atoms with E-state index in [4.69, 9.17) is 24.4 Å². The molecule has 0 saturated heterocycles. The van der Waals surface area contributed by atoms with Crippen molar-refractivity contribution in [2.75, 3.05) is 0 Å². The molecule has 0 bridgehead atoms. The molecule has 0 amide bonds. The minimum absolute atomic E-state index is 0.111. The van der Waals surface area contributed by atoms with Crippen LogP contribution in [0.1, 0.15) is 22.5 Å². The monoisotopic (exact) mass is 892 g/mol. The Bertz CT molecular complexity index is 3520. The zero-order valence-electron chi connectivity index (χ0n) is 33.7. The van der Waals surface area contributed by atoms with Crippen molar-refractivity contribution >= 4 is 34.3 Å². The van der Waals surface area contributed by atoms with Crippen LogP contribution in [-0.4, -0.2) is 45.4 Å². The minimum Gasteiger partial charge on any atom is -0.285 e. The molecule has 19 heteroatoms. The van der Waals surface area contributed by atoms with E-state index >= 15 is 0 Å². The molecule has 4 aromatic carbocycles. The number of nitriles is 2. The van der Waals surface area contributed by atoms with Crippen molar-refractivity contribution < 1.29 is 8.42 Å². The van der Waals surface area contributed by atoms with Gasteiger partial charge in [0.2, 0.25) is 9.84 Å². The molecule has 0 radical (unpaired) electrons. The second-order valence-electron chi connectivity index (χ2n) is 14.2. The van der Waals surface area contributed by atoms with Gasteiger partial charge in [-0.1, -0.05) is 36.4 Å². The van der Waals surface area contributed by atoms with Gasteiger partial charge >= 0.3 is 0 Å². The van der Waals surface area contributed by atoms with Crippen LogP contribution in [0.25, 0.3) is 34.1 Å². The first-order valence-corrected chi connectivity index (χ1v) is 21.1. The van der Waals surface area contributed by atoms with Crippen LogP contribution < -0.4 is 22.2 Å². The highest BCUT2D eigenvalue weighted by atomic mass is 32.2. The maximum atomic E-state index is 14.0. The van der Waals surface area contributed by atoms with Gasteiger partial charge in [0.15, 0.2) is 9.54 Å². The van der Waals surface area contributed by atoms with Gasteiger partial charge in [0.1, 0.15) is 34.6 Å². The van der Waals surface area contributed by atoms with Crippen LogP contribution in [0.15, 0.2) is 151 Å². The summed E-state index contributed by atoms with van der Waals surface area (Å²) in [6, 6.07) is 32.1. The molecule has 4 aromatic heterocycles. The standard InChI is InChI=1S/C44H32N10O6S3/c1-27-37(41(57)53(47(27)3)33-11-7-5-8-12-33)49-25-29(23-45)39(55)51(43(49)61)31-15-19-35(20-16-31)63(59,60)36-21-17-32(18-22-36)52-40(56)30(24-46)26-50(44(52)62)38-28(2)48(4)54(42(38)58)34-13-9-6-10-14-34/h5-22,25-26H,1-4H3. The third kappa shape index (κ3) is 6.67. The van der Waals surface area contributed by atoms with Gasteiger partial charge in [-0.15, -0.1) is 0 Å². The summed E-state index contributed by atoms with van der Waals surface area (Å²) in [4.78, 5) is 54.7. The smallest absolute Gasteiger partial charge is 0.285 e. The highest BCUT2D eigenvalue weighted by Crippen LogP contribution is 2.25. The Kier molecular flexibility index (Phi) is 10.5. The molecule has 0 unspecified atom stereocenters. The van der Waals surface area contributed by atoms with E-state index < -0.39 is 32.1 Å². The van der Waals surface area contributed by atoms with Crippen molar-refractivity contribution in [3.8, 4) is 46.3 Å². The van der Waals surface area contributed by atoms with Crippen LogP contribution in [0.2, 0.25) is 0 Å². The Balaban J connectivity index is 1.16. The van der Waals surface area contributed by atoms with Crippen molar-refractivity contribution in [3.05, 3.63) is 195 Å². The highest BCUT2D eigenvalue weighted by molar-refractivity contribution is 7.91. The normalized spacial score (nSPS) is 11.3. The van der Waals surface area contributed by atoms with E-state index in [1.807, 2.05) is 24.3 Å². The molecule has 4 heterocycles. The summed E-state index contributed by atoms with van der Waals surface area (Å²) >= 11 is 11.5. The fourth-order valence-corrected chi connectivity index (χ4v) is 9.31. The number of aromatic nitrogens is 8. The third-order valence-corrected chi connectivity index (χ3v) is 13.3. The van der Waals surface area contributed by atoms with Crippen molar-refractivity contribution in [1.82, 2.24) is 37.0 Å². The SMILES string of the molecule is Cc1c(-n2cc(C#N)c(=O)n(-c3ccc(S(=O)(=O)c4ccc(-n5c(=O)c(C#N)cn(-c6c(C)n(C)n(-c7ccccc7)c6=O)c5=S)cc4)cc3)c2=S)c(=O)n(-c2ccccc2)n1C. The number of para-hydroxylation sites is 2. The summed E-state index contributed by atoms with van der Waals surface area (Å²) in [6.07, 6.45) is 2.43. The molecule has 0 spiro atoms. The van der Waals surface area contributed by atoms with E-state index in [9.17, 15) is 38.1 Å². The van der Waals surface area contributed by atoms with Crippen LogP contribution in [0.5, 0.6) is 0 Å². The van der Waals surface area contributed by atoms with Crippen molar-refractivity contribution in [2.24, 2.45) is 14.1 Å². The Hall–Kier alpha value is -7.97. The number of hydrogen-bond acceptors (Lipinski definition) is 10. The number of rotatable bonds is 8. The highest BCUT2D eigenvalue weighted by Gasteiger charge is 2.24. The van der Waals surface area contributed by atoms with Crippen LogP contribution >= 0.6 is 24.4 Å². The summed E-state index contributed by atoms with van der Waals surface area (Å²) in [5, 5.41) is 19.9. The Morgan fingerprint density at radius 1 is 0.492 bits per heavy atom. The van der Waals surface area contributed by atoms with Gasteiger partial charge in [0.05, 0.1) is 43.9 Å². The maximum absolute atomic E-state index is 14.0. The van der Waals surface area contributed by atoms with Crippen molar-refractivity contribution in [2.45, 2.75) is 23.6 Å². The maximum Gasteiger partial charge on any atom is 0.296 e. The largest absolute Gasteiger partial charge is 0.296 e. The fraction of sp³-hybridized carbons (Fsp3) is 0.0909. The van der Waals surface area contributed by atoms with Gasteiger partial charge in [-0.2, -0.15) is 10.5 Å². The molecule has 0 aliphatic carbocycles. The number of sulfone groups is 1. The predicted molar refractivity (Wildman–Crippen MR) is 238 cm³/mol. The van der Waals surface area contributed by atoms with Crippen LogP contribution in [0, 0.1) is 46.1 Å². The molecular weight excluding hydrogens is 861 g/mol. The summed E-state index contributed by atoms with van der Waals surface area (Å²) in [6.45, 7) is 3.41. The lowest BCUT2D eigenvalue weighted by atomic mass is 10.3. The molecule has 0 fully saturated rings. The predicted octanol–water partition coefficient (Wildman–Crippen LogP) is 5.20. The van der Waals surface area contributed by atoms with Crippen LogP contribution in [-0.2, 0) is 23.9 Å². The average Bonchev–Trinajstić information content (AvgIpc) is 3.65. The lowest BCUT2D eigenvalue weighted by Crippen LogP contribution is -2.28. The molecule has 16 nitrogen and oxygen atoms in total. The first kappa shape index (κ1) is 41.8. The first-order valence-electron chi connectivity index (χ1n) is 18.8. The molecule has 0 aliphatic rings. The minimum atomic E-state index is -4.22. The average molecular weight is 893 g/mol. The van der Waals surface area contributed by atoms with E-state index in [1.54, 1.807) is 85.8 Å². The topological polar surface area (TPSA) is 189 Å². The van der Waals surface area contributed by atoms with Gasteiger partial charge in [-0.05, 0) is 111 Å². The quantitative estimate of drug-likeness (QED) is 0.184. The number of nitrogens with zero attached hydrogens (tertiary/aromatic N) is 10. The van der Waals surface area contributed by atoms with Gasteiger partial charge in [0, 0.05) is 26.5 Å². The third-order valence-electron chi connectivity index (χ3n) is 10.8. The molecule has 0 atom stereocenters. The second-order valence-corrected chi connectivity index (χ2v) is 16.9. The van der Waals surface area contributed by atoms with Gasteiger partial charge in [-0.25, -0.2) is 17.8 Å². The molecular formula is C44H32N10O6S3. The zero-order chi connectivity index (χ0) is 45.1. The molecule has 0 aliphatic heterocycles. The van der Waals surface area contributed by atoms with Crippen LogP contribution in [0.4, 0.5) is 0 Å². The Morgan fingerprint density at radius 2 is 0.825 bits per heavy atom. The van der Waals surface area contributed by atoms with Gasteiger partial charge < -0.3 is 0 Å². The van der Waals surface area contributed by atoms with E-state index in [-0.39, 0.29) is 53.2 Å². The zero-order valence-corrected chi connectivity index (χ0v) is 36.1. The molecule has 63 heavy (non-hydrogen) atoms. The molecule has 312 valence electrons. The van der Waals surface area contributed by atoms with E-state index in [1.165, 1.54) is 79.4 Å². The molecule has 0 N–H and O–H groups in total. The summed E-state index contributed by atoms with van der Waals surface area (Å²) in [5.74, 6) is 0. The van der Waals surface area contributed by atoms with E-state index in [2.05, 4.69) is 0 Å². The van der Waals surface area contributed by atoms with Crippen molar-refractivity contribution in [3.63, 3.8) is 0 Å². The fourth-order valence-electron chi connectivity index (χ4n) is 7.39. The van der Waals surface area contributed by atoms with Gasteiger partial charge in [0.25, 0.3) is 22.2 Å². The Labute approximate surface area is 367 Å². The lowest BCUT2D eigenvalue weighted by Gasteiger charge is -2.14. The molecule has 0 saturated carbocycles. The number of hydrogen-bond donors (Lipinski definition) is 0. The number of benzene rings is 4. The Morgan fingerprint density at radius 3 is 1.14 bits per heavy atom. The molecule has 8 rings (SSSR count). The van der Waals surface area contributed by atoms with Crippen molar-refractivity contribution in [1.29, 1.82) is 10.5 Å². The lowest BCUT2D eigenvalue weighted by molar-refractivity contribution is 0.596.